The Hall–Kier alpha value is -5.00. The minimum absolute atomic E-state index is 0.833. The van der Waals surface area contributed by atoms with Crippen LogP contribution in [0.15, 0.2) is 132 Å². The van der Waals surface area contributed by atoms with Crippen LogP contribution in [0.1, 0.15) is 0 Å². The lowest BCUT2D eigenvalue weighted by molar-refractivity contribution is 0.582. The van der Waals surface area contributed by atoms with Crippen molar-refractivity contribution >= 4 is 43.4 Å². The maximum absolute atomic E-state index is 5.94. The highest BCUT2D eigenvalue weighted by atomic mass is 32.1. The number of hydrogen-bond acceptors (Lipinski definition) is 4. The molecule has 0 amide bonds. The number of para-hydroxylation sites is 2. The third-order valence-corrected chi connectivity index (χ3v) is 8.26. The van der Waals surface area contributed by atoms with Gasteiger partial charge in [-0.25, -0.2) is 4.98 Å². The number of aromatic nitrogens is 3. The van der Waals surface area contributed by atoms with Gasteiger partial charge in [0.25, 0.3) is 0 Å². The van der Waals surface area contributed by atoms with Gasteiger partial charge in [0.2, 0.25) is 0 Å². The Kier molecular flexibility index (Phi) is 4.96. The fraction of sp³-hybridized carbons (Fsp3) is 0. The van der Waals surface area contributed by atoms with Crippen molar-refractivity contribution in [2.45, 2.75) is 0 Å². The molecule has 0 N–H and O–H groups in total. The molecule has 8 aromatic rings. The highest BCUT2D eigenvalue weighted by molar-refractivity contribution is 7.21. The predicted octanol–water partition coefficient (Wildman–Crippen LogP) is 9.38. The molecule has 0 atom stereocenters. The Labute approximate surface area is 228 Å². The van der Waals surface area contributed by atoms with E-state index in [0.717, 1.165) is 55.4 Å². The van der Waals surface area contributed by atoms with Gasteiger partial charge in [-0.1, -0.05) is 48.5 Å². The van der Waals surface area contributed by atoms with Gasteiger partial charge in [-0.05, 0) is 66.7 Å². The average Bonchev–Trinajstić information content (AvgIpc) is 3.75. The third-order valence-electron chi connectivity index (χ3n) is 7.19. The summed E-state index contributed by atoms with van der Waals surface area (Å²) >= 11 is 1.71. The van der Waals surface area contributed by atoms with E-state index in [-0.39, 0.29) is 0 Å². The molecule has 0 aliphatic rings. The molecule has 0 unspecified atom stereocenters. The van der Waals surface area contributed by atoms with E-state index >= 15 is 0 Å². The zero-order chi connectivity index (χ0) is 25.8. The number of thiazole rings is 1. The maximum Gasteiger partial charge on any atom is 0.134 e. The van der Waals surface area contributed by atoms with E-state index in [2.05, 4.69) is 88.4 Å². The quantitative estimate of drug-likeness (QED) is 0.233. The Morgan fingerprint density at radius 1 is 0.667 bits per heavy atom. The second kappa shape index (κ2) is 8.79. The van der Waals surface area contributed by atoms with Crippen molar-refractivity contribution in [3.05, 3.63) is 128 Å². The zero-order valence-electron chi connectivity index (χ0n) is 20.8. The van der Waals surface area contributed by atoms with Gasteiger partial charge in [-0.2, -0.15) is 0 Å². The molecule has 0 saturated heterocycles. The van der Waals surface area contributed by atoms with E-state index < -0.39 is 0 Å². The first kappa shape index (κ1) is 22.0. The van der Waals surface area contributed by atoms with Crippen molar-refractivity contribution in [2.75, 3.05) is 0 Å². The maximum atomic E-state index is 5.94. The van der Waals surface area contributed by atoms with Crippen LogP contribution in [-0.2, 0) is 0 Å². The third kappa shape index (κ3) is 3.59. The van der Waals surface area contributed by atoms with Crippen LogP contribution in [0.5, 0.6) is 0 Å². The fourth-order valence-electron chi connectivity index (χ4n) is 5.43. The van der Waals surface area contributed by atoms with E-state index in [1.807, 2.05) is 42.6 Å². The Morgan fingerprint density at radius 3 is 2.44 bits per heavy atom. The number of nitrogens with zero attached hydrogens (tertiary/aromatic N) is 3. The molecular formula is C34H21N3OS. The predicted molar refractivity (Wildman–Crippen MR) is 160 cm³/mol. The minimum atomic E-state index is 0.833. The molecule has 0 aliphatic heterocycles. The van der Waals surface area contributed by atoms with Gasteiger partial charge in [-0.15, -0.1) is 11.3 Å². The van der Waals surface area contributed by atoms with Crippen molar-refractivity contribution in [3.63, 3.8) is 0 Å². The van der Waals surface area contributed by atoms with Crippen molar-refractivity contribution < 1.29 is 4.42 Å². The normalized spacial score (nSPS) is 11.6. The van der Waals surface area contributed by atoms with Crippen LogP contribution in [0, 0.1) is 0 Å². The second-order valence-electron chi connectivity index (χ2n) is 9.50. The second-order valence-corrected chi connectivity index (χ2v) is 10.5. The molecule has 4 aromatic heterocycles. The SMILES string of the molecule is c1ccc(-c2cccc(-n3c4ccccc4c4cc(-c5ccco5)c(-c5nc6ccccc6s5)cc43)c2)nc1. The smallest absolute Gasteiger partial charge is 0.134 e. The number of rotatable bonds is 4. The monoisotopic (exact) mass is 519 g/mol. The summed E-state index contributed by atoms with van der Waals surface area (Å²) in [6.45, 7) is 0. The highest BCUT2D eigenvalue weighted by Crippen LogP contribution is 2.42. The summed E-state index contributed by atoms with van der Waals surface area (Å²) in [5.41, 5.74) is 8.50. The number of hydrogen-bond donors (Lipinski definition) is 0. The minimum Gasteiger partial charge on any atom is -0.464 e. The first-order chi connectivity index (χ1) is 19.3. The Morgan fingerprint density at radius 2 is 1.56 bits per heavy atom. The van der Waals surface area contributed by atoms with Gasteiger partial charge in [0.1, 0.15) is 10.8 Å². The van der Waals surface area contributed by atoms with Gasteiger partial charge in [0, 0.05) is 39.3 Å². The first-order valence-electron chi connectivity index (χ1n) is 12.8. The molecule has 8 rings (SSSR count). The molecule has 184 valence electrons. The van der Waals surface area contributed by atoms with Crippen LogP contribution in [-0.4, -0.2) is 14.5 Å². The topological polar surface area (TPSA) is 43.9 Å². The van der Waals surface area contributed by atoms with E-state index in [1.165, 1.54) is 15.5 Å². The van der Waals surface area contributed by atoms with E-state index in [4.69, 9.17) is 9.40 Å². The zero-order valence-corrected chi connectivity index (χ0v) is 21.6. The summed E-state index contributed by atoms with van der Waals surface area (Å²) in [5.74, 6) is 0.833. The summed E-state index contributed by atoms with van der Waals surface area (Å²) in [4.78, 5) is 9.61. The molecule has 0 fully saturated rings. The highest BCUT2D eigenvalue weighted by Gasteiger charge is 2.20. The molecule has 0 bridgehead atoms. The lowest BCUT2D eigenvalue weighted by Crippen LogP contribution is -1.95. The lowest BCUT2D eigenvalue weighted by Gasteiger charge is -2.12. The molecule has 0 radical (unpaired) electrons. The van der Waals surface area contributed by atoms with Gasteiger partial charge in [0.05, 0.1) is 33.2 Å². The van der Waals surface area contributed by atoms with Gasteiger partial charge in [0.15, 0.2) is 0 Å². The Bertz CT molecular complexity index is 2090. The fourth-order valence-corrected chi connectivity index (χ4v) is 6.43. The number of fused-ring (bicyclic) bond motifs is 4. The number of furan rings is 1. The van der Waals surface area contributed by atoms with E-state index in [1.54, 1.807) is 17.6 Å². The van der Waals surface area contributed by atoms with Crippen molar-refractivity contribution in [1.82, 2.24) is 14.5 Å². The van der Waals surface area contributed by atoms with Gasteiger partial charge in [-0.3, -0.25) is 4.98 Å². The van der Waals surface area contributed by atoms with Crippen LogP contribution in [0.3, 0.4) is 0 Å². The molecule has 0 aliphatic carbocycles. The van der Waals surface area contributed by atoms with Crippen molar-refractivity contribution in [3.8, 4) is 38.8 Å². The molecule has 39 heavy (non-hydrogen) atoms. The van der Waals surface area contributed by atoms with E-state index in [9.17, 15) is 0 Å². The molecule has 0 saturated carbocycles. The average molecular weight is 520 g/mol. The lowest BCUT2D eigenvalue weighted by atomic mass is 10.0. The largest absolute Gasteiger partial charge is 0.464 e. The van der Waals surface area contributed by atoms with Gasteiger partial charge < -0.3 is 8.98 Å². The number of benzene rings is 4. The summed E-state index contributed by atoms with van der Waals surface area (Å²) in [6.07, 6.45) is 3.57. The van der Waals surface area contributed by atoms with Crippen molar-refractivity contribution in [2.24, 2.45) is 0 Å². The van der Waals surface area contributed by atoms with E-state index in [0.29, 0.717) is 0 Å². The number of pyridine rings is 1. The molecule has 0 spiro atoms. The van der Waals surface area contributed by atoms with Crippen LogP contribution in [0.4, 0.5) is 0 Å². The van der Waals surface area contributed by atoms with Crippen LogP contribution < -0.4 is 0 Å². The summed E-state index contributed by atoms with van der Waals surface area (Å²) in [5, 5.41) is 3.34. The molecule has 5 heteroatoms. The molecule has 4 aromatic carbocycles. The molecule has 4 heterocycles. The molecular weight excluding hydrogens is 498 g/mol. The van der Waals surface area contributed by atoms with Gasteiger partial charge >= 0.3 is 0 Å². The summed E-state index contributed by atoms with van der Waals surface area (Å²) in [7, 11) is 0. The standard InChI is InChI=1S/C34H21N3OS/c1-3-14-30-24(11-1)25-20-26(32-15-8-18-38-32)27(34-36-29-13-2-4-16-33(29)39-34)21-31(25)37(30)23-10-7-9-22(19-23)28-12-5-6-17-35-28/h1-21H. The first-order valence-corrected chi connectivity index (χ1v) is 13.6. The summed E-state index contributed by atoms with van der Waals surface area (Å²) in [6, 6.07) is 40.0. The molecule has 4 nitrogen and oxygen atoms in total. The van der Waals surface area contributed by atoms with Crippen molar-refractivity contribution in [1.29, 1.82) is 0 Å². The van der Waals surface area contributed by atoms with Crippen LogP contribution >= 0.6 is 11.3 Å². The Balaban J connectivity index is 1.45. The summed E-state index contributed by atoms with van der Waals surface area (Å²) < 4.78 is 9.45. The van der Waals surface area contributed by atoms with Crippen LogP contribution in [0.25, 0.3) is 70.9 Å². The van der Waals surface area contributed by atoms with Crippen LogP contribution in [0.2, 0.25) is 0 Å².